The van der Waals surface area contributed by atoms with Gasteiger partial charge >= 0.3 is 0 Å². The molecular weight excluding hydrogens is 673 g/mol. The molecule has 0 saturated carbocycles. The lowest BCUT2D eigenvalue weighted by atomic mass is 9.71. The Balaban J connectivity index is 1.11. The van der Waals surface area contributed by atoms with E-state index in [2.05, 4.69) is 184 Å². The van der Waals surface area contributed by atoms with E-state index in [1.807, 2.05) is 11.3 Å². The molecule has 10 rings (SSSR count). The molecule has 0 N–H and O–H groups in total. The molecule has 0 radical (unpaired) electrons. The van der Waals surface area contributed by atoms with Gasteiger partial charge in [-0.1, -0.05) is 152 Å². The maximum absolute atomic E-state index is 6.80. The van der Waals surface area contributed by atoms with Gasteiger partial charge in [0.2, 0.25) is 0 Å². The van der Waals surface area contributed by atoms with Crippen LogP contribution in [0.15, 0.2) is 183 Å². The van der Waals surface area contributed by atoms with E-state index in [1.54, 1.807) is 0 Å². The summed E-state index contributed by atoms with van der Waals surface area (Å²) < 4.78 is 9.33. The third kappa shape index (κ3) is 4.98. The topological polar surface area (TPSA) is 9.23 Å². The Bertz CT molecular complexity index is 2930. The first-order valence-electron chi connectivity index (χ1n) is 18.7. The summed E-state index contributed by atoms with van der Waals surface area (Å²) in [5, 5.41) is 10.1. The molecule has 0 bridgehead atoms. The van der Waals surface area contributed by atoms with E-state index in [0.717, 1.165) is 17.9 Å². The van der Waals surface area contributed by atoms with Crippen LogP contribution in [0.4, 0.5) is 0 Å². The van der Waals surface area contributed by atoms with Gasteiger partial charge in [0.15, 0.2) is 0 Å². The summed E-state index contributed by atoms with van der Waals surface area (Å²) in [7, 11) is 0. The summed E-state index contributed by atoms with van der Waals surface area (Å²) in [6.45, 7) is 10.9. The standard InChI is InChI=1S/C52H38OS/c1-4-35-36(5-2)44(30-29-37(35)33-17-7-6-8-18-33)49-42-23-13-11-21-40(42)48(41-22-12-14-24-43(41)49)32(3)27-28-34-31-46-38-19-9-10-20-39(38)50-45-25-15-16-26-47(45)54-52(50)51(46)53-34/h4-30,35-36H,1-2,31H2,3H3/b32-27+,34-28+. The molecule has 2 aliphatic rings. The van der Waals surface area contributed by atoms with Crippen molar-refractivity contribution in [2.45, 2.75) is 13.3 Å². The Kier molecular flexibility index (Phi) is 7.82. The molecule has 2 unspecified atom stereocenters. The zero-order valence-corrected chi connectivity index (χ0v) is 31.0. The molecule has 8 aromatic rings. The Morgan fingerprint density at radius 2 is 1.19 bits per heavy atom. The average molecular weight is 711 g/mol. The quantitative estimate of drug-likeness (QED) is 0.123. The second-order valence-corrected chi connectivity index (χ2v) is 15.4. The molecular formula is C52H38OS. The highest BCUT2D eigenvalue weighted by atomic mass is 32.1. The minimum Gasteiger partial charge on any atom is -0.460 e. The summed E-state index contributed by atoms with van der Waals surface area (Å²) in [4.78, 5) is 0. The summed E-state index contributed by atoms with van der Waals surface area (Å²) in [6, 6.07) is 46.0. The first-order valence-corrected chi connectivity index (χ1v) is 19.5. The van der Waals surface area contributed by atoms with E-state index in [9.17, 15) is 0 Å². The number of thiophene rings is 1. The molecule has 1 aromatic heterocycles. The monoisotopic (exact) mass is 710 g/mol. The smallest absolute Gasteiger partial charge is 0.149 e. The van der Waals surface area contributed by atoms with Gasteiger partial charge in [0.25, 0.3) is 0 Å². The van der Waals surface area contributed by atoms with Crippen molar-refractivity contribution in [3.8, 4) is 5.75 Å². The Labute approximate surface area is 319 Å². The molecule has 0 spiro atoms. The summed E-state index contributed by atoms with van der Waals surface area (Å²) >= 11 is 1.84. The van der Waals surface area contributed by atoms with Crippen LogP contribution < -0.4 is 4.74 Å². The predicted molar refractivity (Wildman–Crippen MR) is 234 cm³/mol. The Morgan fingerprint density at radius 3 is 1.87 bits per heavy atom. The highest BCUT2D eigenvalue weighted by molar-refractivity contribution is 7.26. The maximum Gasteiger partial charge on any atom is 0.149 e. The van der Waals surface area contributed by atoms with Crippen LogP contribution in [-0.2, 0) is 6.42 Å². The van der Waals surface area contributed by atoms with Crippen molar-refractivity contribution in [3.05, 3.63) is 205 Å². The van der Waals surface area contributed by atoms with Gasteiger partial charge in [0.05, 0.1) is 4.70 Å². The Hall–Kier alpha value is -6.22. The molecule has 2 heterocycles. The van der Waals surface area contributed by atoms with Crippen LogP contribution in [0.5, 0.6) is 5.75 Å². The molecule has 7 aromatic carbocycles. The fourth-order valence-corrected chi connectivity index (χ4v) is 10.3. The number of hydrogen-bond acceptors (Lipinski definition) is 2. The molecule has 1 aliphatic heterocycles. The third-order valence-corrected chi connectivity index (χ3v) is 12.6. The van der Waals surface area contributed by atoms with E-state index < -0.39 is 0 Å². The average Bonchev–Trinajstić information content (AvgIpc) is 3.84. The second-order valence-electron chi connectivity index (χ2n) is 14.4. The van der Waals surface area contributed by atoms with Gasteiger partial charge in [0.1, 0.15) is 11.5 Å². The Morgan fingerprint density at radius 1 is 0.630 bits per heavy atom. The molecule has 2 atom stereocenters. The lowest BCUT2D eigenvalue weighted by Crippen LogP contribution is -2.17. The number of hydrogen-bond donors (Lipinski definition) is 0. The van der Waals surface area contributed by atoms with E-state index in [4.69, 9.17) is 4.74 Å². The zero-order valence-electron chi connectivity index (χ0n) is 30.2. The molecule has 0 saturated heterocycles. The first-order chi connectivity index (χ1) is 26.6. The molecule has 1 aliphatic carbocycles. The SMILES string of the molecule is C=CC1C(c2ccccc2)=CC=C(c2c3ccccc3c(/C(C)=C/C=C3\Cc4c(c5sc6ccccc6c5c5ccccc45)O3)c3ccccc23)C1C=C. The van der Waals surface area contributed by atoms with E-state index >= 15 is 0 Å². The third-order valence-electron chi connectivity index (χ3n) is 11.5. The predicted octanol–water partition coefficient (Wildman–Crippen LogP) is 14.5. The zero-order chi connectivity index (χ0) is 36.3. The molecule has 258 valence electrons. The highest BCUT2D eigenvalue weighted by Crippen LogP contribution is 2.51. The summed E-state index contributed by atoms with van der Waals surface area (Å²) in [5.41, 5.74) is 8.77. The minimum atomic E-state index is 0.0753. The molecule has 0 amide bonds. The van der Waals surface area contributed by atoms with Gasteiger partial charge in [-0.15, -0.1) is 24.5 Å². The van der Waals surface area contributed by atoms with E-state index in [-0.39, 0.29) is 11.8 Å². The largest absolute Gasteiger partial charge is 0.460 e. The van der Waals surface area contributed by atoms with Gasteiger partial charge < -0.3 is 4.74 Å². The maximum atomic E-state index is 6.80. The van der Waals surface area contributed by atoms with E-state index in [1.165, 1.54) is 91.5 Å². The van der Waals surface area contributed by atoms with Crippen LogP contribution in [0.3, 0.4) is 0 Å². The fourth-order valence-electron chi connectivity index (χ4n) is 9.08. The van der Waals surface area contributed by atoms with Crippen LogP contribution in [0.25, 0.3) is 69.2 Å². The second kappa shape index (κ2) is 13.0. The van der Waals surface area contributed by atoms with Gasteiger partial charge in [-0.25, -0.2) is 0 Å². The minimum absolute atomic E-state index is 0.0753. The lowest BCUT2D eigenvalue weighted by Gasteiger charge is -2.32. The van der Waals surface area contributed by atoms with Crippen LogP contribution in [0, 0.1) is 11.8 Å². The van der Waals surface area contributed by atoms with Crippen molar-refractivity contribution < 1.29 is 4.74 Å². The van der Waals surface area contributed by atoms with Crippen molar-refractivity contribution >= 4 is 80.5 Å². The van der Waals surface area contributed by atoms with Gasteiger partial charge in [-0.2, -0.15) is 0 Å². The van der Waals surface area contributed by atoms with Crippen LogP contribution in [0.2, 0.25) is 0 Å². The number of benzene rings is 7. The number of allylic oxidation sites excluding steroid dienone is 10. The highest BCUT2D eigenvalue weighted by Gasteiger charge is 2.31. The van der Waals surface area contributed by atoms with Crippen molar-refractivity contribution in [2.75, 3.05) is 0 Å². The van der Waals surface area contributed by atoms with Crippen molar-refractivity contribution in [3.63, 3.8) is 0 Å². The molecule has 0 fully saturated rings. The number of ether oxygens (including phenoxy) is 1. The normalized spacial score (nSPS) is 17.9. The van der Waals surface area contributed by atoms with Crippen molar-refractivity contribution in [1.82, 2.24) is 0 Å². The molecule has 2 heteroatoms. The van der Waals surface area contributed by atoms with Crippen molar-refractivity contribution in [1.29, 1.82) is 0 Å². The van der Waals surface area contributed by atoms with Crippen LogP contribution in [-0.4, -0.2) is 0 Å². The summed E-state index contributed by atoms with van der Waals surface area (Å²) in [5.74, 6) is 2.17. The van der Waals surface area contributed by atoms with Gasteiger partial charge in [0, 0.05) is 39.3 Å². The fraction of sp³-hybridized carbons (Fsp3) is 0.0769. The summed E-state index contributed by atoms with van der Waals surface area (Å²) in [6.07, 6.45) is 14.0. The molecule has 54 heavy (non-hydrogen) atoms. The van der Waals surface area contributed by atoms with E-state index in [0.29, 0.717) is 0 Å². The van der Waals surface area contributed by atoms with Crippen LogP contribution >= 0.6 is 11.3 Å². The molecule has 1 nitrogen and oxygen atoms in total. The van der Waals surface area contributed by atoms with Gasteiger partial charge in [-0.05, 0) is 84.8 Å². The number of fused-ring (bicyclic) bond motifs is 10. The van der Waals surface area contributed by atoms with Gasteiger partial charge in [-0.3, -0.25) is 0 Å². The van der Waals surface area contributed by atoms with Crippen molar-refractivity contribution in [2.24, 2.45) is 11.8 Å². The lowest BCUT2D eigenvalue weighted by molar-refractivity contribution is 0.452. The number of rotatable bonds is 6. The first kappa shape index (κ1) is 32.4. The van der Waals surface area contributed by atoms with Crippen LogP contribution in [0.1, 0.15) is 29.2 Å².